The lowest BCUT2D eigenvalue weighted by Gasteiger charge is -2.11. The fraction of sp³-hybridized carbons (Fsp3) is 0.118. The molecule has 2 rings (SSSR count). The highest BCUT2D eigenvalue weighted by atomic mass is 19.1. The highest BCUT2D eigenvalue weighted by molar-refractivity contribution is 5.82. The van der Waals surface area contributed by atoms with Crippen molar-refractivity contribution in [3.8, 4) is 11.1 Å². The minimum absolute atomic E-state index is 0.252. The lowest BCUT2D eigenvalue weighted by atomic mass is 9.93. The van der Waals surface area contributed by atoms with E-state index in [-0.39, 0.29) is 5.82 Å². The fourth-order valence-corrected chi connectivity index (χ4v) is 2.20. The summed E-state index contributed by atoms with van der Waals surface area (Å²) >= 11 is 0. The molecular weight excluding hydrogens is 239 g/mol. The molecule has 0 amide bonds. The molecule has 0 bridgehead atoms. The minimum Gasteiger partial charge on any atom is -0.299 e. The molecule has 2 aromatic carbocycles. The lowest BCUT2D eigenvalue weighted by Crippen LogP contribution is -1.90. The maximum atomic E-state index is 13.0. The van der Waals surface area contributed by atoms with Crippen LogP contribution in [0.3, 0.4) is 0 Å². The summed E-state index contributed by atoms with van der Waals surface area (Å²) in [6, 6.07) is 10.5. The van der Waals surface area contributed by atoms with Gasteiger partial charge in [-0.2, -0.15) is 0 Å². The second-order valence-corrected chi connectivity index (χ2v) is 4.55. The molecule has 96 valence electrons. The Hall–Kier alpha value is -2.22. The molecule has 2 aromatic rings. The SMILES string of the molecule is Cc1cc(C)c(/C=C/C=O)c(-c2ccc(F)cc2)c1. The van der Waals surface area contributed by atoms with Crippen LogP contribution >= 0.6 is 0 Å². The first-order chi connectivity index (χ1) is 9.11. The van der Waals surface area contributed by atoms with E-state index in [4.69, 9.17) is 0 Å². The van der Waals surface area contributed by atoms with E-state index >= 15 is 0 Å². The molecule has 0 saturated carbocycles. The molecule has 19 heavy (non-hydrogen) atoms. The van der Waals surface area contributed by atoms with Crippen molar-refractivity contribution in [3.05, 3.63) is 65.0 Å². The number of allylic oxidation sites excluding steroid dienone is 1. The Morgan fingerprint density at radius 3 is 2.37 bits per heavy atom. The number of hydrogen-bond donors (Lipinski definition) is 0. The van der Waals surface area contributed by atoms with Crippen molar-refractivity contribution in [2.45, 2.75) is 13.8 Å². The molecule has 1 nitrogen and oxygen atoms in total. The Balaban J connectivity index is 2.63. The van der Waals surface area contributed by atoms with Crippen LogP contribution in [0.2, 0.25) is 0 Å². The molecule has 2 heteroatoms. The summed E-state index contributed by atoms with van der Waals surface area (Å²) in [5.74, 6) is -0.252. The molecule has 0 saturated heterocycles. The topological polar surface area (TPSA) is 17.1 Å². The standard InChI is InChI=1S/C17H15FO/c1-12-10-13(2)16(4-3-9-19)17(11-12)14-5-7-15(18)8-6-14/h3-11H,1-2H3/b4-3+. The van der Waals surface area contributed by atoms with Crippen LogP contribution in [-0.2, 0) is 4.79 Å². The number of aryl methyl sites for hydroxylation is 2. The highest BCUT2D eigenvalue weighted by Crippen LogP contribution is 2.29. The molecule has 0 atom stereocenters. The van der Waals surface area contributed by atoms with Gasteiger partial charge in [0, 0.05) is 0 Å². The highest BCUT2D eigenvalue weighted by Gasteiger charge is 2.07. The van der Waals surface area contributed by atoms with E-state index in [0.29, 0.717) is 0 Å². The average Bonchev–Trinajstić information content (AvgIpc) is 2.38. The molecule has 0 aromatic heterocycles. The van der Waals surface area contributed by atoms with E-state index in [1.165, 1.54) is 18.2 Å². The number of hydrogen-bond acceptors (Lipinski definition) is 1. The zero-order chi connectivity index (χ0) is 13.8. The molecule has 0 heterocycles. The first-order valence-corrected chi connectivity index (χ1v) is 6.11. The zero-order valence-corrected chi connectivity index (χ0v) is 11.0. The predicted octanol–water partition coefficient (Wildman–Crippen LogP) is 4.32. The van der Waals surface area contributed by atoms with Crippen molar-refractivity contribution in [3.63, 3.8) is 0 Å². The van der Waals surface area contributed by atoms with Crippen molar-refractivity contribution in [1.29, 1.82) is 0 Å². The summed E-state index contributed by atoms with van der Waals surface area (Å²) in [7, 11) is 0. The number of rotatable bonds is 3. The fourth-order valence-electron chi connectivity index (χ4n) is 2.20. The normalized spacial score (nSPS) is 10.9. The molecule has 0 fully saturated rings. The maximum Gasteiger partial charge on any atom is 0.142 e. The molecule has 0 aliphatic heterocycles. The van der Waals surface area contributed by atoms with Crippen LogP contribution in [0.1, 0.15) is 16.7 Å². The van der Waals surface area contributed by atoms with Gasteiger partial charge >= 0.3 is 0 Å². The van der Waals surface area contributed by atoms with E-state index in [9.17, 15) is 9.18 Å². The van der Waals surface area contributed by atoms with Crippen molar-refractivity contribution < 1.29 is 9.18 Å². The second kappa shape index (κ2) is 5.61. The van der Waals surface area contributed by atoms with Crippen molar-refractivity contribution >= 4 is 12.4 Å². The molecule has 0 unspecified atom stereocenters. The van der Waals surface area contributed by atoms with Crippen LogP contribution in [0.4, 0.5) is 4.39 Å². The lowest BCUT2D eigenvalue weighted by molar-refractivity contribution is -0.104. The minimum atomic E-state index is -0.252. The van der Waals surface area contributed by atoms with Gasteiger partial charge in [-0.15, -0.1) is 0 Å². The summed E-state index contributed by atoms with van der Waals surface area (Å²) in [4.78, 5) is 10.5. The summed E-state index contributed by atoms with van der Waals surface area (Å²) in [6.45, 7) is 4.03. The van der Waals surface area contributed by atoms with Crippen LogP contribution in [-0.4, -0.2) is 6.29 Å². The van der Waals surface area contributed by atoms with Crippen LogP contribution in [0.5, 0.6) is 0 Å². The quantitative estimate of drug-likeness (QED) is 0.589. The third kappa shape index (κ3) is 2.97. The summed E-state index contributed by atoms with van der Waals surface area (Å²) in [5.41, 5.74) is 5.18. The van der Waals surface area contributed by atoms with Gasteiger partial charge in [0.25, 0.3) is 0 Å². The number of benzene rings is 2. The third-order valence-corrected chi connectivity index (χ3v) is 3.03. The van der Waals surface area contributed by atoms with Gasteiger partial charge in [-0.1, -0.05) is 35.9 Å². The van der Waals surface area contributed by atoms with E-state index in [0.717, 1.165) is 34.1 Å². The molecule has 0 aliphatic rings. The zero-order valence-electron chi connectivity index (χ0n) is 11.0. The Kier molecular flexibility index (Phi) is 3.91. The van der Waals surface area contributed by atoms with Crippen molar-refractivity contribution in [1.82, 2.24) is 0 Å². The van der Waals surface area contributed by atoms with Crippen LogP contribution in [0.25, 0.3) is 17.2 Å². The maximum absolute atomic E-state index is 13.0. The number of carbonyl (C=O) groups excluding carboxylic acids is 1. The van der Waals surface area contributed by atoms with E-state index in [1.54, 1.807) is 18.2 Å². The van der Waals surface area contributed by atoms with Gasteiger partial charge in [-0.3, -0.25) is 4.79 Å². The molecule has 0 spiro atoms. The van der Waals surface area contributed by atoms with Crippen LogP contribution < -0.4 is 0 Å². The smallest absolute Gasteiger partial charge is 0.142 e. The van der Waals surface area contributed by atoms with E-state index in [1.807, 2.05) is 19.9 Å². The van der Waals surface area contributed by atoms with Gasteiger partial charge in [-0.05, 0) is 54.3 Å². The Bertz CT molecular complexity index is 624. The van der Waals surface area contributed by atoms with Gasteiger partial charge in [0.05, 0.1) is 0 Å². The number of halogens is 1. The van der Waals surface area contributed by atoms with Gasteiger partial charge in [-0.25, -0.2) is 4.39 Å². The third-order valence-electron chi connectivity index (χ3n) is 3.03. The van der Waals surface area contributed by atoms with E-state index in [2.05, 4.69) is 6.07 Å². The Morgan fingerprint density at radius 2 is 1.74 bits per heavy atom. The largest absolute Gasteiger partial charge is 0.299 e. The van der Waals surface area contributed by atoms with Gasteiger partial charge in [0.1, 0.15) is 12.1 Å². The Labute approximate surface area is 112 Å². The number of carbonyl (C=O) groups is 1. The van der Waals surface area contributed by atoms with Gasteiger partial charge in [0.15, 0.2) is 0 Å². The Morgan fingerprint density at radius 1 is 1.05 bits per heavy atom. The number of aldehydes is 1. The van der Waals surface area contributed by atoms with E-state index < -0.39 is 0 Å². The molecule has 0 N–H and O–H groups in total. The first kappa shape index (κ1) is 13.2. The second-order valence-electron chi connectivity index (χ2n) is 4.55. The van der Waals surface area contributed by atoms with Crippen LogP contribution in [0, 0.1) is 19.7 Å². The van der Waals surface area contributed by atoms with Gasteiger partial charge in [0.2, 0.25) is 0 Å². The summed E-state index contributed by atoms with van der Waals surface area (Å²) in [5, 5.41) is 0. The summed E-state index contributed by atoms with van der Waals surface area (Å²) < 4.78 is 13.0. The van der Waals surface area contributed by atoms with Gasteiger partial charge < -0.3 is 0 Å². The molecular formula is C17H15FO. The predicted molar refractivity (Wildman–Crippen MR) is 76.4 cm³/mol. The first-order valence-electron chi connectivity index (χ1n) is 6.11. The molecule has 0 radical (unpaired) electrons. The molecule has 0 aliphatic carbocycles. The van der Waals surface area contributed by atoms with Crippen LogP contribution in [0.15, 0.2) is 42.5 Å². The van der Waals surface area contributed by atoms with Crippen molar-refractivity contribution in [2.24, 2.45) is 0 Å². The average molecular weight is 254 g/mol. The van der Waals surface area contributed by atoms with Crippen molar-refractivity contribution in [2.75, 3.05) is 0 Å². The monoisotopic (exact) mass is 254 g/mol. The summed E-state index contributed by atoms with van der Waals surface area (Å²) in [6.07, 6.45) is 4.03.